The van der Waals surface area contributed by atoms with Crippen LogP contribution in [0.2, 0.25) is 10.4 Å². The van der Waals surface area contributed by atoms with Crippen molar-refractivity contribution < 1.29 is 19.1 Å². The van der Waals surface area contributed by atoms with Crippen molar-refractivity contribution in [3.8, 4) is 0 Å². The molecule has 0 aliphatic heterocycles. The summed E-state index contributed by atoms with van der Waals surface area (Å²) < 4.78 is 10.9. The molecule has 0 fully saturated rings. The van der Waals surface area contributed by atoms with Gasteiger partial charge in [-0.15, -0.1) is 6.58 Å². The first-order valence-electron chi connectivity index (χ1n) is 6.76. The van der Waals surface area contributed by atoms with Gasteiger partial charge in [-0.2, -0.15) is 4.98 Å². The summed E-state index contributed by atoms with van der Waals surface area (Å²) in [6.45, 7) is 3.73. The Kier molecular flexibility index (Phi) is 5.74. The van der Waals surface area contributed by atoms with Crippen molar-refractivity contribution in [1.82, 2.24) is 19.5 Å². The number of ether oxygens (including phenoxy) is 2. The molecule has 0 N–H and O–H groups in total. The highest BCUT2D eigenvalue weighted by molar-refractivity contribution is 6.35. The van der Waals surface area contributed by atoms with E-state index in [0.717, 1.165) is 0 Å². The second-order valence-electron chi connectivity index (χ2n) is 4.75. The maximum atomic E-state index is 11.9. The predicted molar refractivity (Wildman–Crippen MR) is 86.7 cm³/mol. The molecule has 10 heteroatoms. The number of halogens is 2. The number of imidazole rings is 1. The molecular weight excluding hydrogens is 359 g/mol. The maximum Gasteiger partial charge on any atom is 0.320 e. The molecule has 0 saturated carbocycles. The van der Waals surface area contributed by atoms with Crippen molar-refractivity contribution in [1.29, 1.82) is 0 Å². The number of hydrogen-bond acceptors (Lipinski definition) is 7. The molecule has 24 heavy (non-hydrogen) atoms. The van der Waals surface area contributed by atoms with Gasteiger partial charge in [0.1, 0.15) is 5.52 Å². The molecule has 128 valence electrons. The SMILES string of the molecule is C=CC(CC(C(=O)OC)C(=O)OC)n1cnc2nc(Cl)nc(Cl)c21. The fourth-order valence-electron chi connectivity index (χ4n) is 2.27. The van der Waals surface area contributed by atoms with Crippen LogP contribution in [0, 0.1) is 5.92 Å². The molecule has 0 saturated heterocycles. The molecule has 2 heterocycles. The predicted octanol–water partition coefficient (Wildman–Crippen LogP) is 2.21. The number of aromatic nitrogens is 4. The third kappa shape index (κ3) is 3.49. The zero-order valence-electron chi connectivity index (χ0n) is 12.9. The molecule has 2 rings (SSSR count). The second kappa shape index (κ2) is 7.59. The van der Waals surface area contributed by atoms with Crippen molar-refractivity contribution in [2.75, 3.05) is 14.2 Å². The topological polar surface area (TPSA) is 96.2 Å². The molecule has 0 amide bonds. The van der Waals surface area contributed by atoms with Gasteiger partial charge < -0.3 is 14.0 Å². The summed E-state index contributed by atoms with van der Waals surface area (Å²) in [4.78, 5) is 35.7. The fraction of sp³-hybridized carbons (Fsp3) is 0.357. The quantitative estimate of drug-likeness (QED) is 0.252. The lowest BCUT2D eigenvalue weighted by molar-refractivity contribution is -0.159. The molecule has 2 aromatic rings. The Bertz CT molecular complexity index is 776. The van der Waals surface area contributed by atoms with E-state index in [0.29, 0.717) is 11.2 Å². The van der Waals surface area contributed by atoms with Gasteiger partial charge in [0.25, 0.3) is 0 Å². The average molecular weight is 373 g/mol. The number of carbonyl (C=O) groups is 2. The molecule has 0 bridgehead atoms. The molecular formula is C14H14Cl2N4O4. The summed E-state index contributed by atoms with van der Waals surface area (Å²) in [7, 11) is 2.39. The number of rotatable bonds is 6. The Hall–Kier alpha value is -2.19. The highest BCUT2D eigenvalue weighted by Gasteiger charge is 2.32. The van der Waals surface area contributed by atoms with E-state index in [9.17, 15) is 9.59 Å². The van der Waals surface area contributed by atoms with Gasteiger partial charge in [-0.3, -0.25) is 9.59 Å². The first-order chi connectivity index (χ1) is 11.4. The minimum absolute atomic E-state index is 0.0325. The summed E-state index contributed by atoms with van der Waals surface area (Å²) in [6.07, 6.45) is 3.05. The molecule has 8 nitrogen and oxygen atoms in total. The van der Waals surface area contributed by atoms with Crippen molar-refractivity contribution >= 4 is 46.3 Å². The Morgan fingerprint density at radius 1 is 1.29 bits per heavy atom. The Morgan fingerprint density at radius 2 is 1.92 bits per heavy atom. The van der Waals surface area contributed by atoms with Crippen LogP contribution in [0.1, 0.15) is 12.5 Å². The number of hydrogen-bond donors (Lipinski definition) is 0. The number of carbonyl (C=O) groups excluding carboxylic acids is 2. The van der Waals surface area contributed by atoms with Crippen molar-refractivity contribution in [2.24, 2.45) is 5.92 Å². The smallest absolute Gasteiger partial charge is 0.320 e. The molecule has 1 atom stereocenters. The van der Waals surface area contributed by atoms with Gasteiger partial charge in [0.05, 0.1) is 26.6 Å². The van der Waals surface area contributed by atoms with Crippen LogP contribution in [0.15, 0.2) is 19.0 Å². The van der Waals surface area contributed by atoms with E-state index in [1.165, 1.54) is 20.5 Å². The summed E-state index contributed by atoms with van der Waals surface area (Å²) >= 11 is 11.9. The van der Waals surface area contributed by atoms with Crippen LogP contribution in [0.5, 0.6) is 0 Å². The van der Waals surface area contributed by atoms with Crippen molar-refractivity contribution in [3.05, 3.63) is 29.4 Å². The van der Waals surface area contributed by atoms with E-state index in [4.69, 9.17) is 23.2 Å². The molecule has 0 aliphatic rings. The lowest BCUT2D eigenvalue weighted by Gasteiger charge is -2.19. The highest BCUT2D eigenvalue weighted by atomic mass is 35.5. The molecule has 2 aromatic heterocycles. The van der Waals surface area contributed by atoms with Gasteiger partial charge in [-0.05, 0) is 18.0 Å². The van der Waals surface area contributed by atoms with Crippen LogP contribution in [0.4, 0.5) is 0 Å². The monoisotopic (exact) mass is 372 g/mol. The fourth-order valence-corrected chi connectivity index (χ4v) is 2.74. The zero-order chi connectivity index (χ0) is 17.9. The van der Waals surface area contributed by atoms with Gasteiger partial charge >= 0.3 is 11.9 Å². The minimum Gasteiger partial charge on any atom is -0.468 e. The van der Waals surface area contributed by atoms with E-state index in [2.05, 4.69) is 31.0 Å². The van der Waals surface area contributed by atoms with Crippen LogP contribution in [-0.4, -0.2) is 45.7 Å². The Balaban J connectivity index is 2.43. The summed E-state index contributed by atoms with van der Waals surface area (Å²) in [5.74, 6) is -2.53. The normalized spacial score (nSPS) is 12.2. The summed E-state index contributed by atoms with van der Waals surface area (Å²) in [5.41, 5.74) is 0.707. The van der Waals surface area contributed by atoms with Gasteiger partial charge in [-0.1, -0.05) is 17.7 Å². The molecule has 0 aromatic carbocycles. The number of nitrogens with zero attached hydrogens (tertiary/aromatic N) is 4. The van der Waals surface area contributed by atoms with E-state index in [-0.39, 0.29) is 16.9 Å². The van der Waals surface area contributed by atoms with Crippen LogP contribution < -0.4 is 0 Å². The van der Waals surface area contributed by atoms with E-state index < -0.39 is 23.9 Å². The summed E-state index contributed by atoms with van der Waals surface area (Å²) in [6, 6.07) is -0.500. The van der Waals surface area contributed by atoms with Gasteiger partial charge in [-0.25, -0.2) is 9.97 Å². The second-order valence-corrected chi connectivity index (χ2v) is 5.44. The lowest BCUT2D eigenvalue weighted by atomic mass is 9.99. The van der Waals surface area contributed by atoms with Crippen LogP contribution in [0.25, 0.3) is 11.2 Å². The molecule has 1 unspecified atom stereocenters. The first kappa shape index (κ1) is 18.2. The van der Waals surface area contributed by atoms with Crippen LogP contribution in [0.3, 0.4) is 0 Å². The number of fused-ring (bicyclic) bond motifs is 1. The van der Waals surface area contributed by atoms with Gasteiger partial charge in [0.15, 0.2) is 16.7 Å². The summed E-state index contributed by atoms with van der Waals surface area (Å²) in [5, 5.41) is 0.0666. The highest BCUT2D eigenvalue weighted by Crippen LogP contribution is 2.28. The Labute approximate surface area is 147 Å². The van der Waals surface area contributed by atoms with Crippen molar-refractivity contribution in [3.63, 3.8) is 0 Å². The van der Waals surface area contributed by atoms with Crippen LogP contribution in [-0.2, 0) is 19.1 Å². The third-order valence-corrected chi connectivity index (χ3v) is 3.87. The zero-order valence-corrected chi connectivity index (χ0v) is 14.4. The van der Waals surface area contributed by atoms with Crippen molar-refractivity contribution in [2.45, 2.75) is 12.5 Å². The minimum atomic E-state index is -1.12. The average Bonchev–Trinajstić information content (AvgIpc) is 2.98. The number of esters is 2. The lowest BCUT2D eigenvalue weighted by Crippen LogP contribution is -2.29. The van der Waals surface area contributed by atoms with Gasteiger partial charge in [0, 0.05) is 0 Å². The number of methoxy groups -OCH3 is 2. The number of allylic oxidation sites excluding steroid dienone is 1. The molecule has 0 radical (unpaired) electrons. The maximum absolute atomic E-state index is 11.9. The van der Waals surface area contributed by atoms with E-state index in [1.54, 1.807) is 10.6 Å². The molecule has 0 aliphatic carbocycles. The first-order valence-corrected chi connectivity index (χ1v) is 7.52. The largest absolute Gasteiger partial charge is 0.468 e. The van der Waals surface area contributed by atoms with E-state index in [1.807, 2.05) is 0 Å². The standard InChI is InChI=1S/C14H14Cl2N4O4/c1-4-7(5-8(12(21)23-2)13(22)24-3)20-6-17-11-9(20)10(15)18-14(16)19-11/h4,6-8H,1,5H2,2-3H3. The van der Waals surface area contributed by atoms with Gasteiger partial charge in [0.2, 0.25) is 5.28 Å². The third-order valence-electron chi connectivity index (χ3n) is 3.44. The molecule has 0 spiro atoms. The Morgan fingerprint density at radius 3 is 2.46 bits per heavy atom. The van der Waals surface area contributed by atoms with Crippen LogP contribution >= 0.6 is 23.2 Å². The van der Waals surface area contributed by atoms with E-state index >= 15 is 0 Å².